The summed E-state index contributed by atoms with van der Waals surface area (Å²) in [5.74, 6) is 0.0153. The van der Waals surface area contributed by atoms with E-state index in [-0.39, 0.29) is 5.75 Å². The molecule has 0 amide bonds. The number of fused-ring (bicyclic) bond motifs is 3. The maximum atomic E-state index is 9.59. The fraction of sp³-hybridized carbons (Fsp3) is 0. The van der Waals surface area contributed by atoms with Crippen LogP contribution in [0.4, 0.5) is 0 Å². The van der Waals surface area contributed by atoms with Crippen LogP contribution in [0.5, 0.6) is 5.75 Å². The van der Waals surface area contributed by atoms with Gasteiger partial charge in [0.1, 0.15) is 11.8 Å². The van der Waals surface area contributed by atoms with E-state index < -0.39 is 0 Å². The predicted molar refractivity (Wildman–Crippen MR) is 62.2 cm³/mol. The molecular weight excluding hydrogens is 200 g/mol. The average molecular weight is 208 g/mol. The molecule has 0 atom stereocenters. The standard InChI is InChI=1S/C13H8N2O/c14-7-8-5-10-9-3-1-2-4-11(9)15-12(10)6-13(8)16/h1-6,15-16H. The van der Waals surface area contributed by atoms with Crippen molar-refractivity contribution < 1.29 is 5.11 Å². The Morgan fingerprint density at radius 3 is 2.69 bits per heavy atom. The Labute approximate surface area is 91.6 Å². The molecule has 3 heteroatoms. The lowest BCUT2D eigenvalue weighted by molar-refractivity contribution is 0.474. The van der Waals surface area contributed by atoms with Gasteiger partial charge in [-0.25, -0.2) is 0 Å². The van der Waals surface area contributed by atoms with Crippen LogP contribution in [0.2, 0.25) is 0 Å². The summed E-state index contributed by atoms with van der Waals surface area (Å²) in [5, 5.41) is 20.5. The number of nitriles is 1. The second-order valence-electron chi connectivity index (χ2n) is 3.70. The molecule has 0 unspecified atom stereocenters. The highest BCUT2D eigenvalue weighted by molar-refractivity contribution is 6.08. The van der Waals surface area contributed by atoms with Crippen LogP contribution in [-0.2, 0) is 0 Å². The molecule has 0 aliphatic carbocycles. The number of aromatic amines is 1. The molecule has 0 saturated heterocycles. The van der Waals surface area contributed by atoms with E-state index in [0.717, 1.165) is 21.8 Å². The van der Waals surface area contributed by atoms with Gasteiger partial charge in [0.25, 0.3) is 0 Å². The van der Waals surface area contributed by atoms with Gasteiger partial charge in [0.2, 0.25) is 0 Å². The normalized spacial score (nSPS) is 10.7. The molecular formula is C13H8N2O. The van der Waals surface area contributed by atoms with Gasteiger partial charge >= 0.3 is 0 Å². The van der Waals surface area contributed by atoms with Gasteiger partial charge in [-0.1, -0.05) is 18.2 Å². The Morgan fingerprint density at radius 2 is 1.88 bits per heavy atom. The van der Waals surface area contributed by atoms with Crippen LogP contribution < -0.4 is 0 Å². The average Bonchev–Trinajstić information content (AvgIpc) is 2.65. The molecule has 1 aromatic heterocycles. The lowest BCUT2D eigenvalue weighted by Crippen LogP contribution is -1.76. The number of benzene rings is 2. The van der Waals surface area contributed by atoms with Gasteiger partial charge in [-0.2, -0.15) is 5.26 Å². The molecule has 76 valence electrons. The van der Waals surface area contributed by atoms with E-state index in [0.29, 0.717) is 5.56 Å². The lowest BCUT2D eigenvalue weighted by Gasteiger charge is -1.96. The number of para-hydroxylation sites is 1. The summed E-state index contributed by atoms with van der Waals surface area (Å²) in [7, 11) is 0. The summed E-state index contributed by atoms with van der Waals surface area (Å²) in [4.78, 5) is 3.20. The largest absolute Gasteiger partial charge is 0.506 e. The second kappa shape index (κ2) is 3.01. The molecule has 0 aliphatic rings. The number of aromatic nitrogens is 1. The fourth-order valence-electron chi connectivity index (χ4n) is 1.98. The van der Waals surface area contributed by atoms with Gasteiger partial charge in [0.15, 0.2) is 0 Å². The number of nitrogens with one attached hydrogen (secondary N) is 1. The Hall–Kier alpha value is -2.47. The quantitative estimate of drug-likeness (QED) is 0.596. The number of phenolic OH excluding ortho intramolecular Hbond substituents is 1. The third-order valence-corrected chi connectivity index (χ3v) is 2.74. The van der Waals surface area contributed by atoms with Crippen molar-refractivity contribution in [1.82, 2.24) is 4.98 Å². The highest BCUT2D eigenvalue weighted by Crippen LogP contribution is 2.30. The van der Waals surface area contributed by atoms with Crippen LogP contribution in [0.25, 0.3) is 21.8 Å². The first-order chi connectivity index (χ1) is 7.79. The highest BCUT2D eigenvalue weighted by atomic mass is 16.3. The van der Waals surface area contributed by atoms with Crippen molar-refractivity contribution in [3.8, 4) is 11.8 Å². The summed E-state index contributed by atoms with van der Waals surface area (Å²) >= 11 is 0. The van der Waals surface area contributed by atoms with E-state index in [2.05, 4.69) is 4.98 Å². The molecule has 0 radical (unpaired) electrons. The third-order valence-electron chi connectivity index (χ3n) is 2.74. The zero-order chi connectivity index (χ0) is 11.1. The Balaban J connectivity index is 2.53. The van der Waals surface area contributed by atoms with E-state index in [4.69, 9.17) is 5.26 Å². The molecule has 0 bridgehead atoms. The molecule has 3 rings (SSSR count). The summed E-state index contributed by atoms with van der Waals surface area (Å²) in [6.45, 7) is 0. The molecule has 3 nitrogen and oxygen atoms in total. The van der Waals surface area contributed by atoms with Crippen LogP contribution in [0.3, 0.4) is 0 Å². The number of nitrogens with zero attached hydrogens (tertiary/aromatic N) is 1. The fourth-order valence-corrected chi connectivity index (χ4v) is 1.98. The molecule has 3 aromatic rings. The molecule has 2 N–H and O–H groups in total. The third kappa shape index (κ3) is 1.07. The van der Waals surface area contributed by atoms with Crippen molar-refractivity contribution in [3.05, 3.63) is 42.0 Å². The first-order valence-electron chi connectivity index (χ1n) is 4.93. The van der Waals surface area contributed by atoms with Crippen molar-refractivity contribution in [2.75, 3.05) is 0 Å². The van der Waals surface area contributed by atoms with Crippen molar-refractivity contribution in [2.24, 2.45) is 0 Å². The number of aromatic hydroxyl groups is 1. The van der Waals surface area contributed by atoms with Gasteiger partial charge < -0.3 is 10.1 Å². The van der Waals surface area contributed by atoms with Crippen molar-refractivity contribution >= 4 is 21.8 Å². The first kappa shape index (κ1) is 8.81. The molecule has 1 heterocycles. The van der Waals surface area contributed by atoms with Crippen LogP contribution in [-0.4, -0.2) is 10.1 Å². The molecule has 2 aromatic carbocycles. The minimum absolute atomic E-state index is 0.0153. The first-order valence-corrected chi connectivity index (χ1v) is 4.93. The van der Waals surface area contributed by atoms with Crippen LogP contribution in [0, 0.1) is 11.3 Å². The molecule has 0 saturated carbocycles. The zero-order valence-corrected chi connectivity index (χ0v) is 8.36. The highest BCUT2D eigenvalue weighted by Gasteiger charge is 2.08. The van der Waals surface area contributed by atoms with Crippen molar-refractivity contribution in [3.63, 3.8) is 0 Å². The van der Waals surface area contributed by atoms with E-state index in [1.165, 1.54) is 0 Å². The minimum atomic E-state index is 0.0153. The van der Waals surface area contributed by atoms with E-state index >= 15 is 0 Å². The van der Waals surface area contributed by atoms with Gasteiger partial charge in [-0.15, -0.1) is 0 Å². The van der Waals surface area contributed by atoms with Crippen LogP contribution >= 0.6 is 0 Å². The molecule has 0 aliphatic heterocycles. The van der Waals surface area contributed by atoms with Gasteiger partial charge in [0.05, 0.1) is 11.1 Å². The maximum Gasteiger partial charge on any atom is 0.135 e. The lowest BCUT2D eigenvalue weighted by atomic mass is 10.1. The molecule has 0 spiro atoms. The molecule has 0 fully saturated rings. The van der Waals surface area contributed by atoms with Gasteiger partial charge in [-0.3, -0.25) is 0 Å². The summed E-state index contributed by atoms with van der Waals surface area (Å²) in [6.07, 6.45) is 0. The second-order valence-corrected chi connectivity index (χ2v) is 3.70. The van der Waals surface area contributed by atoms with Crippen molar-refractivity contribution in [2.45, 2.75) is 0 Å². The van der Waals surface area contributed by atoms with E-state index in [9.17, 15) is 5.11 Å². The Bertz CT molecular complexity index is 735. The van der Waals surface area contributed by atoms with E-state index in [1.54, 1.807) is 12.1 Å². The molecule has 16 heavy (non-hydrogen) atoms. The maximum absolute atomic E-state index is 9.59. The number of H-pyrrole nitrogens is 1. The Kier molecular flexibility index (Phi) is 1.66. The minimum Gasteiger partial charge on any atom is -0.506 e. The van der Waals surface area contributed by atoms with Gasteiger partial charge in [0, 0.05) is 22.4 Å². The number of hydrogen-bond acceptors (Lipinski definition) is 2. The van der Waals surface area contributed by atoms with Crippen LogP contribution in [0.1, 0.15) is 5.56 Å². The topological polar surface area (TPSA) is 59.8 Å². The summed E-state index contributed by atoms with van der Waals surface area (Å²) in [6, 6.07) is 13.1. The number of phenols is 1. The van der Waals surface area contributed by atoms with Gasteiger partial charge in [-0.05, 0) is 12.1 Å². The monoisotopic (exact) mass is 208 g/mol. The smallest absolute Gasteiger partial charge is 0.135 e. The number of rotatable bonds is 0. The zero-order valence-electron chi connectivity index (χ0n) is 8.36. The van der Waals surface area contributed by atoms with E-state index in [1.807, 2.05) is 30.3 Å². The van der Waals surface area contributed by atoms with Crippen LogP contribution in [0.15, 0.2) is 36.4 Å². The van der Waals surface area contributed by atoms with Crippen molar-refractivity contribution in [1.29, 1.82) is 5.26 Å². The SMILES string of the molecule is N#Cc1cc2c(cc1O)[nH]c1ccccc12. The summed E-state index contributed by atoms with van der Waals surface area (Å²) < 4.78 is 0. The predicted octanol–water partition coefficient (Wildman–Crippen LogP) is 2.90. The number of hydrogen-bond donors (Lipinski definition) is 2. The summed E-state index contributed by atoms with van der Waals surface area (Å²) in [5.41, 5.74) is 2.15. The Morgan fingerprint density at radius 1 is 1.06 bits per heavy atom.